The molecular formula is C22H18BrN5O2. The lowest BCUT2D eigenvalue weighted by Gasteiger charge is -2.24. The van der Waals surface area contributed by atoms with Gasteiger partial charge in [0.1, 0.15) is 6.04 Å². The minimum absolute atomic E-state index is 0.118. The number of halogens is 1. The lowest BCUT2D eigenvalue weighted by molar-refractivity contribution is -0.121. The first-order valence-corrected chi connectivity index (χ1v) is 10.4. The summed E-state index contributed by atoms with van der Waals surface area (Å²) in [5.41, 5.74) is 4.09. The van der Waals surface area contributed by atoms with Crippen molar-refractivity contribution >= 4 is 45.3 Å². The molecule has 1 fully saturated rings. The highest BCUT2D eigenvalue weighted by Crippen LogP contribution is 2.34. The van der Waals surface area contributed by atoms with Crippen LogP contribution in [-0.4, -0.2) is 26.6 Å². The van der Waals surface area contributed by atoms with Gasteiger partial charge in [-0.3, -0.25) is 9.59 Å². The maximum absolute atomic E-state index is 12.2. The third-order valence-electron chi connectivity index (χ3n) is 5.28. The van der Waals surface area contributed by atoms with Crippen molar-refractivity contribution in [3.8, 4) is 0 Å². The Labute approximate surface area is 181 Å². The summed E-state index contributed by atoms with van der Waals surface area (Å²) in [5.74, 6) is 0.0721. The molecule has 0 aliphatic carbocycles. The van der Waals surface area contributed by atoms with E-state index in [-0.39, 0.29) is 36.6 Å². The Morgan fingerprint density at radius 2 is 1.67 bits per heavy atom. The Hall–Kier alpha value is -3.26. The number of fused-ring (bicyclic) bond motifs is 1. The normalized spacial score (nSPS) is 18.3. The third-order valence-corrected chi connectivity index (χ3v) is 5.81. The maximum Gasteiger partial charge on any atom is 0.260 e. The zero-order chi connectivity index (χ0) is 20.8. The number of aryl methyl sites for hydroxylation is 1. The van der Waals surface area contributed by atoms with E-state index in [0.717, 1.165) is 31.8 Å². The molecule has 3 aromatic rings. The SMILES string of the molecule is Cc1ccc(C2C=C(c3ccc(Br)cc3)Nc3nc(N4C(=O)CCC4=O)nn32)cc1. The van der Waals surface area contributed by atoms with E-state index in [1.165, 1.54) is 0 Å². The number of benzene rings is 2. The van der Waals surface area contributed by atoms with E-state index >= 15 is 0 Å². The third kappa shape index (κ3) is 3.23. The first kappa shape index (κ1) is 18.7. The molecule has 0 saturated carbocycles. The van der Waals surface area contributed by atoms with E-state index in [4.69, 9.17) is 0 Å². The van der Waals surface area contributed by atoms with Gasteiger partial charge >= 0.3 is 0 Å². The zero-order valence-electron chi connectivity index (χ0n) is 16.2. The number of nitrogens with zero attached hydrogens (tertiary/aromatic N) is 4. The number of rotatable bonds is 3. The van der Waals surface area contributed by atoms with Crippen molar-refractivity contribution in [2.24, 2.45) is 0 Å². The first-order valence-electron chi connectivity index (χ1n) is 9.63. The van der Waals surface area contributed by atoms with Crippen molar-refractivity contribution in [2.75, 3.05) is 10.2 Å². The summed E-state index contributed by atoms with van der Waals surface area (Å²) in [6.45, 7) is 2.04. The van der Waals surface area contributed by atoms with Crippen molar-refractivity contribution in [1.82, 2.24) is 14.8 Å². The van der Waals surface area contributed by atoms with Crippen molar-refractivity contribution in [2.45, 2.75) is 25.8 Å². The number of carbonyl (C=O) groups excluding carboxylic acids is 2. The van der Waals surface area contributed by atoms with Gasteiger partial charge < -0.3 is 5.32 Å². The van der Waals surface area contributed by atoms with Crippen LogP contribution in [0.15, 0.2) is 59.1 Å². The quantitative estimate of drug-likeness (QED) is 0.592. The second-order valence-corrected chi connectivity index (χ2v) is 8.29. The van der Waals surface area contributed by atoms with Crippen LogP contribution in [0.3, 0.4) is 0 Å². The fraction of sp³-hybridized carbons (Fsp3) is 0.182. The number of nitrogens with one attached hydrogen (secondary N) is 1. The Balaban J connectivity index is 1.61. The molecular weight excluding hydrogens is 446 g/mol. The summed E-state index contributed by atoms with van der Waals surface area (Å²) < 4.78 is 2.72. The highest BCUT2D eigenvalue weighted by molar-refractivity contribution is 9.10. The van der Waals surface area contributed by atoms with Gasteiger partial charge in [0.15, 0.2) is 0 Å². The van der Waals surface area contributed by atoms with Gasteiger partial charge in [-0.2, -0.15) is 4.98 Å². The first-order chi connectivity index (χ1) is 14.5. The van der Waals surface area contributed by atoms with E-state index in [9.17, 15) is 9.59 Å². The number of allylic oxidation sites excluding steroid dienone is 1. The maximum atomic E-state index is 12.2. The van der Waals surface area contributed by atoms with E-state index < -0.39 is 0 Å². The minimum Gasteiger partial charge on any atom is -0.324 e. The van der Waals surface area contributed by atoms with Crippen molar-refractivity contribution in [1.29, 1.82) is 0 Å². The van der Waals surface area contributed by atoms with E-state index in [2.05, 4.69) is 61.7 Å². The lowest BCUT2D eigenvalue weighted by Crippen LogP contribution is -2.29. The van der Waals surface area contributed by atoms with Gasteiger partial charge in [-0.1, -0.05) is 57.9 Å². The fourth-order valence-corrected chi connectivity index (χ4v) is 3.94. The highest BCUT2D eigenvalue weighted by atomic mass is 79.9. The molecule has 150 valence electrons. The topological polar surface area (TPSA) is 80.1 Å². The highest BCUT2D eigenvalue weighted by Gasteiger charge is 2.35. The molecule has 0 bridgehead atoms. The van der Waals surface area contributed by atoms with Crippen molar-refractivity contribution < 1.29 is 9.59 Å². The van der Waals surface area contributed by atoms with Gasteiger partial charge in [0, 0.05) is 23.0 Å². The summed E-state index contributed by atoms with van der Waals surface area (Å²) in [6, 6.07) is 16.0. The molecule has 7 nitrogen and oxygen atoms in total. The average Bonchev–Trinajstić information content (AvgIpc) is 3.30. The second kappa shape index (κ2) is 7.21. The molecule has 8 heteroatoms. The molecule has 1 saturated heterocycles. The number of imide groups is 1. The fourth-order valence-electron chi connectivity index (χ4n) is 3.68. The van der Waals surface area contributed by atoms with Crippen molar-refractivity contribution in [3.63, 3.8) is 0 Å². The van der Waals surface area contributed by atoms with E-state index in [1.807, 2.05) is 31.2 Å². The Bertz CT molecular complexity index is 1170. The van der Waals surface area contributed by atoms with Crippen LogP contribution >= 0.6 is 15.9 Å². The minimum atomic E-state index is -0.268. The van der Waals surface area contributed by atoms with E-state index in [1.54, 1.807) is 4.68 Å². The van der Waals surface area contributed by atoms with Crippen LogP contribution in [0.2, 0.25) is 0 Å². The molecule has 0 spiro atoms. The summed E-state index contributed by atoms with van der Waals surface area (Å²) in [5, 5.41) is 7.83. The summed E-state index contributed by atoms with van der Waals surface area (Å²) in [4.78, 5) is 29.9. The van der Waals surface area contributed by atoms with Gasteiger partial charge in [0.25, 0.3) is 5.95 Å². The van der Waals surface area contributed by atoms with Gasteiger partial charge in [0.05, 0.1) is 0 Å². The number of hydrogen-bond acceptors (Lipinski definition) is 5. The molecule has 1 unspecified atom stereocenters. The van der Waals surface area contributed by atoms with Crippen LogP contribution in [0.5, 0.6) is 0 Å². The zero-order valence-corrected chi connectivity index (χ0v) is 17.8. The Morgan fingerprint density at radius 3 is 2.33 bits per heavy atom. The molecule has 1 aromatic heterocycles. The summed E-state index contributed by atoms with van der Waals surface area (Å²) in [7, 11) is 0. The molecule has 3 heterocycles. The van der Waals surface area contributed by atoms with Crippen molar-refractivity contribution in [3.05, 3.63) is 75.8 Å². The van der Waals surface area contributed by atoms with Crippen LogP contribution in [-0.2, 0) is 9.59 Å². The lowest BCUT2D eigenvalue weighted by atomic mass is 10.0. The number of aromatic nitrogens is 3. The Morgan fingerprint density at radius 1 is 1.00 bits per heavy atom. The van der Waals surface area contributed by atoms with Crippen LogP contribution in [0, 0.1) is 6.92 Å². The largest absolute Gasteiger partial charge is 0.324 e. The number of hydrogen-bond donors (Lipinski definition) is 1. The molecule has 0 radical (unpaired) electrons. The number of amides is 2. The molecule has 1 N–H and O–H groups in total. The van der Waals surface area contributed by atoms with Crippen LogP contribution in [0.4, 0.5) is 11.9 Å². The number of anilines is 2. The van der Waals surface area contributed by atoms with Crippen LogP contribution in [0.1, 0.15) is 35.6 Å². The summed E-state index contributed by atoms with van der Waals surface area (Å²) in [6.07, 6.45) is 2.47. The predicted molar refractivity (Wildman–Crippen MR) is 117 cm³/mol. The van der Waals surface area contributed by atoms with Crippen LogP contribution < -0.4 is 10.2 Å². The summed E-state index contributed by atoms with van der Waals surface area (Å²) >= 11 is 3.47. The van der Waals surface area contributed by atoms with Gasteiger partial charge in [-0.25, -0.2) is 9.58 Å². The second-order valence-electron chi connectivity index (χ2n) is 7.37. The Kier molecular flexibility index (Phi) is 4.51. The molecule has 30 heavy (non-hydrogen) atoms. The molecule has 2 amide bonds. The van der Waals surface area contributed by atoms with E-state index in [0.29, 0.717) is 5.95 Å². The molecule has 2 aromatic carbocycles. The monoisotopic (exact) mass is 463 g/mol. The molecule has 2 aliphatic heterocycles. The van der Waals surface area contributed by atoms with Crippen LogP contribution in [0.25, 0.3) is 5.70 Å². The number of carbonyl (C=O) groups is 2. The smallest absolute Gasteiger partial charge is 0.260 e. The van der Waals surface area contributed by atoms with Gasteiger partial charge in [-0.15, -0.1) is 5.10 Å². The molecule has 2 aliphatic rings. The average molecular weight is 464 g/mol. The molecule has 5 rings (SSSR count). The van der Waals surface area contributed by atoms with Gasteiger partial charge in [-0.05, 0) is 36.3 Å². The predicted octanol–water partition coefficient (Wildman–Crippen LogP) is 4.06. The standard InChI is InChI=1S/C22H18BrN5O2/c1-13-2-4-15(5-3-13)18-12-17(14-6-8-16(23)9-7-14)24-21-25-22(26-28(18)21)27-19(29)10-11-20(27)30/h2-9,12,18H,10-11H2,1H3,(H,24,25,26). The molecule has 1 atom stereocenters. The van der Waals surface area contributed by atoms with Gasteiger partial charge in [0.2, 0.25) is 17.8 Å².